The molecule has 0 aliphatic carbocycles. The fourth-order valence-electron chi connectivity index (χ4n) is 6.48. The van der Waals surface area contributed by atoms with E-state index in [1.165, 1.54) is 23.0 Å². The first-order chi connectivity index (χ1) is 23.0. The van der Waals surface area contributed by atoms with Gasteiger partial charge in [-0.1, -0.05) is 38.1 Å². The molecule has 13 heteroatoms. The maximum absolute atomic E-state index is 14.0. The topological polar surface area (TPSA) is 130 Å². The van der Waals surface area contributed by atoms with Gasteiger partial charge in [0, 0.05) is 25.6 Å². The summed E-state index contributed by atoms with van der Waals surface area (Å²) in [4.78, 5) is 21.9. The van der Waals surface area contributed by atoms with Gasteiger partial charge in [-0.05, 0) is 91.3 Å². The van der Waals surface area contributed by atoms with Gasteiger partial charge in [0.15, 0.2) is 0 Å². The lowest BCUT2D eigenvalue weighted by Gasteiger charge is -2.36. The number of halogens is 3. The number of aryl methyl sites for hydroxylation is 2. The van der Waals surface area contributed by atoms with Crippen molar-refractivity contribution in [2.75, 3.05) is 29.5 Å². The molecule has 0 fully saturated rings. The molecule has 260 valence electrons. The van der Waals surface area contributed by atoms with Crippen molar-refractivity contribution in [1.29, 1.82) is 0 Å². The molecule has 5 rings (SSSR count). The van der Waals surface area contributed by atoms with E-state index >= 15 is 0 Å². The number of carbonyl (C=O) groups is 1. The number of fused-ring (bicyclic) bond motifs is 1. The predicted octanol–water partition coefficient (Wildman–Crippen LogP) is 7.06. The van der Waals surface area contributed by atoms with Crippen LogP contribution in [0.2, 0.25) is 0 Å². The Morgan fingerprint density at radius 2 is 1.76 bits per heavy atom. The Bertz CT molecular complexity index is 1970. The number of sulfonamides is 1. The van der Waals surface area contributed by atoms with Crippen LogP contribution in [0.4, 0.5) is 30.2 Å². The number of nitrogens with one attached hydrogen (secondary N) is 2. The summed E-state index contributed by atoms with van der Waals surface area (Å²) >= 11 is 0. The molecular formula is C36H41F3N6O3S. The Kier molecular flexibility index (Phi) is 10.1. The molecule has 0 radical (unpaired) electrons. The van der Waals surface area contributed by atoms with Gasteiger partial charge in [0.2, 0.25) is 15.9 Å². The highest BCUT2D eigenvalue weighted by Gasteiger charge is 2.41. The van der Waals surface area contributed by atoms with Crippen molar-refractivity contribution in [3.8, 4) is 0 Å². The normalized spacial score (nSPS) is 15.6. The van der Waals surface area contributed by atoms with Crippen LogP contribution in [-0.2, 0) is 34.0 Å². The number of nitrogen functional groups attached to an aromatic ring is 1. The zero-order valence-electron chi connectivity index (χ0n) is 28.1. The van der Waals surface area contributed by atoms with E-state index in [1.54, 1.807) is 0 Å². The summed E-state index contributed by atoms with van der Waals surface area (Å²) in [6, 6.07) is 12.4. The van der Waals surface area contributed by atoms with E-state index in [2.05, 4.69) is 20.6 Å². The monoisotopic (exact) mass is 694 g/mol. The fraction of sp³-hybridized carbons (Fsp3) is 0.361. The molecule has 2 heterocycles. The molecule has 0 saturated carbocycles. The van der Waals surface area contributed by atoms with Crippen LogP contribution in [0.3, 0.4) is 0 Å². The molecule has 0 saturated heterocycles. The summed E-state index contributed by atoms with van der Waals surface area (Å²) in [7, 11) is -4.11. The molecule has 9 nitrogen and oxygen atoms in total. The van der Waals surface area contributed by atoms with Crippen molar-refractivity contribution < 1.29 is 26.4 Å². The number of nitrogens with zero attached hydrogens (tertiary/aromatic N) is 3. The molecule has 49 heavy (non-hydrogen) atoms. The highest BCUT2D eigenvalue weighted by molar-refractivity contribution is 7.89. The second-order valence-electron chi connectivity index (χ2n) is 13.0. The quantitative estimate of drug-likeness (QED) is 0.160. The Balaban J connectivity index is 1.58. The Morgan fingerprint density at radius 3 is 2.43 bits per heavy atom. The summed E-state index contributed by atoms with van der Waals surface area (Å²) in [6.45, 7) is 10.3. The molecule has 4 aromatic rings. The van der Waals surface area contributed by atoms with Gasteiger partial charge in [-0.2, -0.15) is 17.5 Å². The SMILES string of the molecule is CCNc1ccc(C(c2ccc(C)c(CN3CCCc4cc(C(F)(F)F)ccc4S3(=O)=O)c2)C(C)(C)C(=O)Nc2cncnc2)c(C)c1N. The largest absolute Gasteiger partial charge is 0.416 e. The van der Waals surface area contributed by atoms with Crippen LogP contribution in [0.1, 0.15) is 72.1 Å². The lowest BCUT2D eigenvalue weighted by Crippen LogP contribution is -2.37. The molecule has 0 bridgehead atoms. The summed E-state index contributed by atoms with van der Waals surface area (Å²) in [5.74, 6) is -0.815. The maximum Gasteiger partial charge on any atom is 0.416 e. The third-order valence-corrected chi connectivity index (χ3v) is 11.2. The standard InChI is InChI=1S/C36H41F3N6O3S/c1-6-43-30-13-12-29(23(3)33(30)40)32(35(4,5)34(46)44-28-18-41-21-42-19-28)25-10-9-22(2)26(16-25)20-45-15-7-8-24-17-27(36(37,38)39)11-14-31(24)49(45,47)48/h9-14,16-19,21,32,43H,6-8,15,20,40H2,1-5H3,(H,44,46). The molecule has 1 aromatic heterocycles. The molecule has 1 unspecified atom stereocenters. The van der Waals surface area contributed by atoms with Crippen molar-refractivity contribution in [2.24, 2.45) is 5.41 Å². The van der Waals surface area contributed by atoms with E-state index in [-0.39, 0.29) is 35.9 Å². The lowest BCUT2D eigenvalue weighted by molar-refractivity contribution is -0.137. The highest BCUT2D eigenvalue weighted by atomic mass is 32.2. The van der Waals surface area contributed by atoms with E-state index in [1.807, 2.05) is 65.0 Å². The minimum absolute atomic E-state index is 0.00362. The number of rotatable bonds is 9. The molecule has 4 N–H and O–H groups in total. The second kappa shape index (κ2) is 13.8. The number of anilines is 3. The van der Waals surface area contributed by atoms with Gasteiger partial charge in [-0.3, -0.25) is 4.79 Å². The van der Waals surface area contributed by atoms with Gasteiger partial charge in [0.25, 0.3) is 0 Å². The Labute approximate surface area is 285 Å². The summed E-state index contributed by atoms with van der Waals surface area (Å²) < 4.78 is 69.4. The Hall–Kier alpha value is -4.49. The van der Waals surface area contributed by atoms with E-state index in [4.69, 9.17) is 5.73 Å². The first-order valence-electron chi connectivity index (χ1n) is 16.0. The number of aromatic nitrogens is 2. The molecule has 1 atom stereocenters. The number of hydrogen-bond acceptors (Lipinski definition) is 7. The van der Waals surface area contributed by atoms with Crippen molar-refractivity contribution in [1.82, 2.24) is 14.3 Å². The number of benzene rings is 3. The first-order valence-corrected chi connectivity index (χ1v) is 17.5. The molecule has 1 aliphatic heterocycles. The maximum atomic E-state index is 14.0. The van der Waals surface area contributed by atoms with Gasteiger partial charge < -0.3 is 16.4 Å². The second-order valence-corrected chi connectivity index (χ2v) is 14.9. The van der Waals surface area contributed by atoms with E-state index < -0.39 is 33.1 Å². The van der Waals surface area contributed by atoms with Crippen LogP contribution >= 0.6 is 0 Å². The van der Waals surface area contributed by atoms with Crippen LogP contribution in [0.5, 0.6) is 0 Å². The van der Waals surface area contributed by atoms with Gasteiger partial charge in [0.1, 0.15) is 6.33 Å². The number of carbonyl (C=O) groups excluding carboxylic acids is 1. The molecule has 0 spiro atoms. The minimum Gasteiger partial charge on any atom is -0.397 e. The molecular weight excluding hydrogens is 653 g/mol. The van der Waals surface area contributed by atoms with Crippen LogP contribution in [-0.4, -0.2) is 41.7 Å². The third-order valence-electron chi connectivity index (χ3n) is 9.27. The van der Waals surface area contributed by atoms with Crippen LogP contribution < -0.4 is 16.4 Å². The molecule has 3 aromatic carbocycles. The molecule has 1 amide bonds. The Morgan fingerprint density at radius 1 is 1.04 bits per heavy atom. The third kappa shape index (κ3) is 7.28. The van der Waals surface area contributed by atoms with Crippen molar-refractivity contribution in [2.45, 2.75) is 71.0 Å². The average molecular weight is 695 g/mol. The number of amides is 1. The van der Waals surface area contributed by atoms with Gasteiger partial charge in [0.05, 0.1) is 45.3 Å². The predicted molar refractivity (Wildman–Crippen MR) is 185 cm³/mol. The van der Waals surface area contributed by atoms with Crippen molar-refractivity contribution in [3.05, 3.63) is 106 Å². The van der Waals surface area contributed by atoms with E-state index in [0.29, 0.717) is 29.9 Å². The summed E-state index contributed by atoms with van der Waals surface area (Å²) in [6.07, 6.45) is 0.389. The van der Waals surface area contributed by atoms with Crippen LogP contribution in [0, 0.1) is 19.3 Å². The smallest absolute Gasteiger partial charge is 0.397 e. The number of alkyl halides is 3. The van der Waals surface area contributed by atoms with Gasteiger partial charge in [-0.15, -0.1) is 0 Å². The fourth-order valence-corrected chi connectivity index (χ4v) is 8.17. The number of nitrogens with two attached hydrogens (primary N) is 1. The van der Waals surface area contributed by atoms with Crippen molar-refractivity contribution in [3.63, 3.8) is 0 Å². The summed E-state index contributed by atoms with van der Waals surface area (Å²) in [5.41, 5.74) is 10.6. The highest BCUT2D eigenvalue weighted by Crippen LogP contribution is 2.45. The van der Waals surface area contributed by atoms with Crippen molar-refractivity contribution >= 4 is 33.0 Å². The van der Waals surface area contributed by atoms with Gasteiger partial charge >= 0.3 is 6.18 Å². The zero-order chi connectivity index (χ0) is 35.7. The van der Waals surface area contributed by atoms with Crippen LogP contribution in [0.25, 0.3) is 0 Å². The van der Waals surface area contributed by atoms with Crippen LogP contribution in [0.15, 0.2) is 72.1 Å². The van der Waals surface area contributed by atoms with Gasteiger partial charge in [-0.25, -0.2) is 18.4 Å². The average Bonchev–Trinajstić information content (AvgIpc) is 3.17. The lowest BCUT2D eigenvalue weighted by atomic mass is 9.69. The van der Waals surface area contributed by atoms with E-state index in [0.717, 1.165) is 46.1 Å². The molecule has 1 aliphatic rings. The minimum atomic E-state index is -4.58. The summed E-state index contributed by atoms with van der Waals surface area (Å²) in [5, 5.41) is 6.21. The zero-order valence-corrected chi connectivity index (χ0v) is 29.0. The number of hydrogen-bond donors (Lipinski definition) is 3. The van der Waals surface area contributed by atoms with E-state index in [9.17, 15) is 26.4 Å². The first kappa shape index (κ1) is 35.8.